The predicted molar refractivity (Wildman–Crippen MR) is 69.6 cm³/mol. The number of rotatable bonds is 4. The van der Waals surface area contributed by atoms with E-state index in [0.29, 0.717) is 5.75 Å². The molecule has 0 bridgehead atoms. The van der Waals surface area contributed by atoms with Crippen molar-refractivity contribution in [2.75, 3.05) is 0 Å². The van der Waals surface area contributed by atoms with Crippen molar-refractivity contribution in [3.8, 4) is 11.5 Å². The third-order valence-electron chi connectivity index (χ3n) is 2.60. The molecule has 2 rings (SSSR count). The molecule has 0 unspecified atom stereocenters. The quantitative estimate of drug-likeness (QED) is 0.484. The number of benzene rings is 2. The highest BCUT2D eigenvalue weighted by molar-refractivity contribution is 5.96. The number of hydrogen-bond donors (Lipinski definition) is 0. The summed E-state index contributed by atoms with van der Waals surface area (Å²) in [5.74, 6) is -0.342. The molecule has 0 amide bonds. The summed E-state index contributed by atoms with van der Waals surface area (Å²) in [6.07, 6.45) is 0. The zero-order chi connectivity index (χ0) is 14.7. The zero-order valence-corrected chi connectivity index (χ0v) is 10.5. The van der Waals surface area contributed by atoms with Crippen LogP contribution in [0.25, 0.3) is 0 Å². The van der Waals surface area contributed by atoms with Crippen molar-refractivity contribution < 1.29 is 18.8 Å². The number of hydrogen-bond acceptors (Lipinski definition) is 4. The van der Waals surface area contributed by atoms with E-state index in [4.69, 9.17) is 4.74 Å². The van der Waals surface area contributed by atoms with Crippen molar-refractivity contribution >= 4 is 11.5 Å². The lowest BCUT2D eigenvalue weighted by atomic mass is 10.1. The Kier molecular flexibility index (Phi) is 3.74. The molecule has 0 aliphatic carbocycles. The molecule has 0 aliphatic rings. The Hall–Kier alpha value is -2.76. The summed E-state index contributed by atoms with van der Waals surface area (Å²) in [6, 6.07) is 8.99. The average molecular weight is 275 g/mol. The predicted octanol–water partition coefficient (Wildman–Crippen LogP) is 3.73. The van der Waals surface area contributed by atoms with Crippen molar-refractivity contribution in [2.24, 2.45) is 0 Å². The van der Waals surface area contributed by atoms with E-state index in [-0.39, 0.29) is 22.8 Å². The fourth-order valence-electron chi connectivity index (χ4n) is 1.63. The standard InChI is InChI=1S/C14H10FNO4/c1-9(17)13-8-10(15)2-7-14(13)20-12-5-3-11(4-6-12)16(18)19/h2-8H,1H3. The molecule has 0 aliphatic heterocycles. The Morgan fingerprint density at radius 3 is 2.40 bits per heavy atom. The van der Waals surface area contributed by atoms with Gasteiger partial charge in [0.15, 0.2) is 5.78 Å². The first-order chi connectivity index (χ1) is 9.47. The minimum Gasteiger partial charge on any atom is -0.457 e. The Morgan fingerprint density at radius 2 is 1.85 bits per heavy atom. The van der Waals surface area contributed by atoms with Gasteiger partial charge in [0, 0.05) is 12.1 Å². The van der Waals surface area contributed by atoms with Crippen LogP contribution in [-0.4, -0.2) is 10.7 Å². The molecule has 0 spiro atoms. The van der Waals surface area contributed by atoms with Crippen molar-refractivity contribution in [1.29, 1.82) is 0 Å². The van der Waals surface area contributed by atoms with Crippen molar-refractivity contribution in [2.45, 2.75) is 6.92 Å². The van der Waals surface area contributed by atoms with Crippen LogP contribution < -0.4 is 4.74 Å². The van der Waals surface area contributed by atoms with Gasteiger partial charge in [-0.05, 0) is 37.3 Å². The highest BCUT2D eigenvalue weighted by Gasteiger charge is 2.11. The van der Waals surface area contributed by atoms with E-state index in [1.165, 1.54) is 43.3 Å². The summed E-state index contributed by atoms with van der Waals surface area (Å²) < 4.78 is 18.6. The number of non-ortho nitro benzene ring substituents is 1. The second kappa shape index (κ2) is 5.48. The van der Waals surface area contributed by atoms with Crippen LogP contribution in [-0.2, 0) is 0 Å². The minimum absolute atomic E-state index is 0.0664. The van der Waals surface area contributed by atoms with Gasteiger partial charge in [-0.15, -0.1) is 0 Å². The first-order valence-corrected chi connectivity index (χ1v) is 5.70. The van der Waals surface area contributed by atoms with Gasteiger partial charge >= 0.3 is 0 Å². The van der Waals surface area contributed by atoms with Crippen LogP contribution in [0.2, 0.25) is 0 Å². The van der Waals surface area contributed by atoms with Gasteiger partial charge in [0.1, 0.15) is 17.3 Å². The maximum absolute atomic E-state index is 13.1. The molecule has 0 N–H and O–H groups in total. The number of nitrogens with zero attached hydrogens (tertiary/aromatic N) is 1. The van der Waals surface area contributed by atoms with Gasteiger partial charge in [-0.1, -0.05) is 0 Å². The van der Waals surface area contributed by atoms with E-state index in [1.54, 1.807) is 0 Å². The van der Waals surface area contributed by atoms with E-state index in [2.05, 4.69) is 0 Å². The van der Waals surface area contributed by atoms with Crippen LogP contribution in [0, 0.1) is 15.9 Å². The van der Waals surface area contributed by atoms with Gasteiger partial charge in [-0.2, -0.15) is 0 Å². The minimum atomic E-state index is -0.536. The lowest BCUT2D eigenvalue weighted by Crippen LogP contribution is -1.98. The van der Waals surface area contributed by atoms with Gasteiger partial charge in [0.2, 0.25) is 0 Å². The first kappa shape index (κ1) is 13.7. The Labute approximate surface area is 113 Å². The molecular formula is C14H10FNO4. The third-order valence-corrected chi connectivity index (χ3v) is 2.60. The summed E-state index contributed by atoms with van der Waals surface area (Å²) in [5.41, 5.74) is 0.0478. The van der Waals surface area contributed by atoms with E-state index < -0.39 is 10.7 Å². The Morgan fingerprint density at radius 1 is 1.20 bits per heavy atom. The second-order valence-corrected chi connectivity index (χ2v) is 4.05. The van der Waals surface area contributed by atoms with Crippen LogP contribution in [0.4, 0.5) is 10.1 Å². The van der Waals surface area contributed by atoms with Gasteiger partial charge < -0.3 is 4.74 Å². The molecule has 102 valence electrons. The highest BCUT2D eigenvalue weighted by Crippen LogP contribution is 2.27. The molecule has 6 heteroatoms. The average Bonchev–Trinajstić information content (AvgIpc) is 2.41. The monoisotopic (exact) mass is 275 g/mol. The van der Waals surface area contributed by atoms with Crippen LogP contribution >= 0.6 is 0 Å². The summed E-state index contributed by atoms with van der Waals surface area (Å²) in [7, 11) is 0. The zero-order valence-electron chi connectivity index (χ0n) is 10.5. The molecule has 0 radical (unpaired) electrons. The summed E-state index contributed by atoms with van der Waals surface area (Å²) in [5, 5.41) is 10.5. The number of carbonyl (C=O) groups is 1. The lowest BCUT2D eigenvalue weighted by Gasteiger charge is -2.09. The van der Waals surface area contributed by atoms with Crippen LogP contribution in [0.15, 0.2) is 42.5 Å². The number of nitro benzene ring substituents is 1. The molecule has 0 fully saturated rings. The number of Topliss-reactive ketones (excluding diaryl/α,β-unsaturated/α-hetero) is 1. The largest absolute Gasteiger partial charge is 0.457 e. The summed E-state index contributed by atoms with van der Waals surface area (Å²) in [4.78, 5) is 21.4. The van der Waals surface area contributed by atoms with Crippen molar-refractivity contribution in [1.82, 2.24) is 0 Å². The third kappa shape index (κ3) is 2.97. The first-order valence-electron chi connectivity index (χ1n) is 5.70. The number of ether oxygens (including phenoxy) is 1. The topological polar surface area (TPSA) is 69.4 Å². The second-order valence-electron chi connectivity index (χ2n) is 4.05. The van der Waals surface area contributed by atoms with E-state index in [9.17, 15) is 19.3 Å². The lowest BCUT2D eigenvalue weighted by molar-refractivity contribution is -0.384. The molecule has 2 aromatic rings. The Bertz CT molecular complexity index is 667. The molecule has 0 heterocycles. The molecule has 0 saturated heterocycles. The summed E-state index contributed by atoms with van der Waals surface area (Å²) in [6.45, 7) is 1.30. The van der Waals surface area contributed by atoms with Gasteiger partial charge in [0.05, 0.1) is 10.5 Å². The number of nitro groups is 1. The van der Waals surface area contributed by atoms with Gasteiger partial charge in [-0.3, -0.25) is 14.9 Å². The Balaban J connectivity index is 2.30. The molecule has 2 aromatic carbocycles. The van der Waals surface area contributed by atoms with E-state index in [0.717, 1.165) is 6.07 Å². The fourth-order valence-corrected chi connectivity index (χ4v) is 1.63. The maximum atomic E-state index is 13.1. The van der Waals surface area contributed by atoms with Crippen LogP contribution in [0.5, 0.6) is 11.5 Å². The SMILES string of the molecule is CC(=O)c1cc(F)ccc1Oc1ccc([N+](=O)[O-])cc1. The molecule has 0 saturated carbocycles. The number of ketones is 1. The fraction of sp³-hybridized carbons (Fsp3) is 0.0714. The van der Waals surface area contributed by atoms with Crippen LogP contribution in [0.3, 0.4) is 0 Å². The van der Waals surface area contributed by atoms with Crippen molar-refractivity contribution in [3.63, 3.8) is 0 Å². The number of halogens is 1. The maximum Gasteiger partial charge on any atom is 0.269 e. The van der Waals surface area contributed by atoms with Crippen molar-refractivity contribution in [3.05, 3.63) is 64.0 Å². The molecular weight excluding hydrogens is 265 g/mol. The molecule has 0 atom stereocenters. The smallest absolute Gasteiger partial charge is 0.269 e. The highest BCUT2D eigenvalue weighted by atomic mass is 19.1. The summed E-state index contributed by atoms with van der Waals surface area (Å²) >= 11 is 0. The number of carbonyl (C=O) groups excluding carboxylic acids is 1. The molecule has 5 nitrogen and oxygen atoms in total. The van der Waals surface area contributed by atoms with E-state index >= 15 is 0 Å². The van der Waals surface area contributed by atoms with Crippen LogP contribution in [0.1, 0.15) is 17.3 Å². The normalized spacial score (nSPS) is 10.1. The van der Waals surface area contributed by atoms with E-state index in [1.807, 2.05) is 0 Å². The van der Waals surface area contributed by atoms with Gasteiger partial charge in [0.25, 0.3) is 5.69 Å². The molecule has 0 aromatic heterocycles. The molecule has 20 heavy (non-hydrogen) atoms. The van der Waals surface area contributed by atoms with Gasteiger partial charge in [-0.25, -0.2) is 4.39 Å².